The van der Waals surface area contributed by atoms with Crippen molar-refractivity contribution in [2.24, 2.45) is 5.73 Å². The van der Waals surface area contributed by atoms with E-state index >= 15 is 0 Å². The number of nitrogens with two attached hydrogens (primary N) is 1. The van der Waals surface area contributed by atoms with Crippen LogP contribution in [0.15, 0.2) is 23.8 Å². The molecule has 0 aliphatic heterocycles. The molecule has 0 saturated carbocycles. The smallest absolute Gasteiger partial charge is 0.337 e. The van der Waals surface area contributed by atoms with Gasteiger partial charge in [0.05, 0.1) is 19.3 Å². The SMILES string of the molecule is CCOC(=O)C(C=CC(=O)OC)=CCN. The van der Waals surface area contributed by atoms with Crippen molar-refractivity contribution in [3.63, 3.8) is 0 Å². The summed E-state index contributed by atoms with van der Waals surface area (Å²) in [5.74, 6) is -1.05. The summed E-state index contributed by atoms with van der Waals surface area (Å²) < 4.78 is 9.14. The van der Waals surface area contributed by atoms with Crippen LogP contribution in [0.4, 0.5) is 0 Å². The average molecular weight is 213 g/mol. The van der Waals surface area contributed by atoms with E-state index in [1.165, 1.54) is 19.3 Å². The Morgan fingerprint density at radius 3 is 2.47 bits per heavy atom. The maximum absolute atomic E-state index is 11.3. The molecule has 0 fully saturated rings. The summed E-state index contributed by atoms with van der Waals surface area (Å²) in [5, 5.41) is 0. The zero-order valence-electron chi connectivity index (χ0n) is 8.86. The van der Waals surface area contributed by atoms with Crippen molar-refractivity contribution in [1.82, 2.24) is 0 Å². The third-order valence-electron chi connectivity index (χ3n) is 1.45. The van der Waals surface area contributed by atoms with Gasteiger partial charge < -0.3 is 15.2 Å². The Morgan fingerprint density at radius 2 is 2.00 bits per heavy atom. The number of methoxy groups -OCH3 is 1. The number of carbonyl (C=O) groups excluding carboxylic acids is 2. The van der Waals surface area contributed by atoms with Crippen LogP contribution < -0.4 is 5.73 Å². The summed E-state index contributed by atoms with van der Waals surface area (Å²) in [7, 11) is 1.25. The van der Waals surface area contributed by atoms with Gasteiger partial charge in [-0.15, -0.1) is 0 Å². The molecule has 2 N–H and O–H groups in total. The Balaban J connectivity index is 4.55. The van der Waals surface area contributed by atoms with Gasteiger partial charge in [-0.05, 0) is 13.0 Å². The van der Waals surface area contributed by atoms with Gasteiger partial charge in [0.15, 0.2) is 0 Å². The normalized spacial score (nSPS) is 11.5. The van der Waals surface area contributed by atoms with E-state index in [9.17, 15) is 9.59 Å². The Kier molecular flexibility index (Phi) is 6.92. The number of hydrogen-bond donors (Lipinski definition) is 1. The number of carbonyl (C=O) groups is 2. The first-order valence-corrected chi connectivity index (χ1v) is 4.49. The minimum Gasteiger partial charge on any atom is -0.466 e. The zero-order valence-corrected chi connectivity index (χ0v) is 8.86. The molecule has 5 heteroatoms. The molecule has 0 aromatic heterocycles. The van der Waals surface area contributed by atoms with Crippen molar-refractivity contribution >= 4 is 11.9 Å². The molecule has 0 amide bonds. The lowest BCUT2D eigenvalue weighted by molar-refractivity contribution is -0.138. The fraction of sp³-hybridized carbons (Fsp3) is 0.400. The molecular weight excluding hydrogens is 198 g/mol. The summed E-state index contributed by atoms with van der Waals surface area (Å²) in [4.78, 5) is 22.1. The van der Waals surface area contributed by atoms with Gasteiger partial charge >= 0.3 is 11.9 Å². The molecule has 0 radical (unpaired) electrons. The summed E-state index contributed by atoms with van der Waals surface area (Å²) in [6.07, 6.45) is 3.92. The van der Waals surface area contributed by atoms with Gasteiger partial charge in [0.2, 0.25) is 0 Å². The van der Waals surface area contributed by atoms with Crippen molar-refractivity contribution in [3.8, 4) is 0 Å². The fourth-order valence-corrected chi connectivity index (χ4v) is 0.787. The molecule has 0 spiro atoms. The Bertz CT molecular complexity index is 281. The molecule has 0 bridgehead atoms. The predicted molar refractivity (Wildman–Crippen MR) is 54.9 cm³/mol. The molecule has 0 aliphatic carbocycles. The van der Waals surface area contributed by atoms with Gasteiger partial charge in [-0.1, -0.05) is 6.08 Å². The highest BCUT2D eigenvalue weighted by Crippen LogP contribution is 2.00. The van der Waals surface area contributed by atoms with E-state index in [0.717, 1.165) is 6.08 Å². The van der Waals surface area contributed by atoms with Crippen LogP contribution >= 0.6 is 0 Å². The molecule has 15 heavy (non-hydrogen) atoms. The molecule has 5 nitrogen and oxygen atoms in total. The first kappa shape index (κ1) is 13.4. The maximum Gasteiger partial charge on any atom is 0.337 e. The first-order valence-electron chi connectivity index (χ1n) is 4.49. The van der Waals surface area contributed by atoms with Crippen LogP contribution in [-0.2, 0) is 19.1 Å². The lowest BCUT2D eigenvalue weighted by Crippen LogP contribution is -2.09. The maximum atomic E-state index is 11.3. The highest BCUT2D eigenvalue weighted by molar-refractivity contribution is 5.94. The fourth-order valence-electron chi connectivity index (χ4n) is 0.787. The van der Waals surface area contributed by atoms with E-state index in [1.54, 1.807) is 6.92 Å². The van der Waals surface area contributed by atoms with Crippen molar-refractivity contribution in [2.75, 3.05) is 20.3 Å². The quantitative estimate of drug-likeness (QED) is 0.400. The van der Waals surface area contributed by atoms with Crippen molar-refractivity contribution in [3.05, 3.63) is 23.8 Å². The highest BCUT2D eigenvalue weighted by Gasteiger charge is 2.06. The molecule has 0 atom stereocenters. The molecule has 0 saturated heterocycles. The van der Waals surface area contributed by atoms with Crippen LogP contribution in [0.2, 0.25) is 0 Å². The number of esters is 2. The van der Waals surface area contributed by atoms with Gasteiger partial charge in [0, 0.05) is 12.6 Å². The lowest BCUT2D eigenvalue weighted by atomic mass is 10.2. The van der Waals surface area contributed by atoms with Crippen LogP contribution in [0.1, 0.15) is 6.92 Å². The largest absolute Gasteiger partial charge is 0.466 e. The highest BCUT2D eigenvalue weighted by atomic mass is 16.5. The van der Waals surface area contributed by atoms with E-state index in [2.05, 4.69) is 4.74 Å². The summed E-state index contributed by atoms with van der Waals surface area (Å²) >= 11 is 0. The van der Waals surface area contributed by atoms with Crippen molar-refractivity contribution < 1.29 is 19.1 Å². The Hall–Kier alpha value is -1.62. The molecule has 0 rings (SSSR count). The van der Waals surface area contributed by atoms with Gasteiger partial charge in [0.25, 0.3) is 0 Å². The minimum atomic E-state index is -0.540. The van der Waals surface area contributed by atoms with Crippen LogP contribution in [0.3, 0.4) is 0 Å². The second-order valence-electron chi connectivity index (χ2n) is 2.47. The van der Waals surface area contributed by atoms with Crippen molar-refractivity contribution in [2.45, 2.75) is 6.92 Å². The van der Waals surface area contributed by atoms with E-state index in [-0.39, 0.29) is 18.7 Å². The molecule has 0 unspecified atom stereocenters. The molecule has 0 heterocycles. The molecule has 84 valence electrons. The van der Waals surface area contributed by atoms with E-state index < -0.39 is 11.9 Å². The Morgan fingerprint density at radius 1 is 1.33 bits per heavy atom. The van der Waals surface area contributed by atoms with Crippen LogP contribution in [0.5, 0.6) is 0 Å². The van der Waals surface area contributed by atoms with Gasteiger partial charge in [-0.3, -0.25) is 0 Å². The second kappa shape index (κ2) is 7.75. The van der Waals surface area contributed by atoms with Gasteiger partial charge in [-0.25, -0.2) is 9.59 Å². The Labute approximate surface area is 88.5 Å². The van der Waals surface area contributed by atoms with E-state index in [4.69, 9.17) is 10.5 Å². The topological polar surface area (TPSA) is 78.6 Å². The standard InChI is InChI=1S/C10H15NO4/c1-3-15-10(13)8(6-7-11)4-5-9(12)14-2/h4-6H,3,7,11H2,1-2H3. The average Bonchev–Trinajstić information content (AvgIpc) is 2.23. The number of rotatable bonds is 5. The number of ether oxygens (including phenoxy) is 2. The third kappa shape index (κ3) is 5.64. The van der Waals surface area contributed by atoms with Crippen LogP contribution in [0.25, 0.3) is 0 Å². The summed E-state index contributed by atoms with van der Waals surface area (Å²) in [5.41, 5.74) is 5.51. The first-order chi connectivity index (χ1) is 7.15. The van der Waals surface area contributed by atoms with Crippen LogP contribution in [-0.4, -0.2) is 32.2 Å². The second-order valence-corrected chi connectivity index (χ2v) is 2.47. The minimum absolute atomic E-state index is 0.194. The zero-order chi connectivity index (χ0) is 11.7. The van der Waals surface area contributed by atoms with Crippen molar-refractivity contribution in [1.29, 1.82) is 0 Å². The molecule has 0 aromatic rings. The predicted octanol–water partition coefficient (Wildman–Crippen LogP) is 0.164. The van der Waals surface area contributed by atoms with E-state index in [1.807, 2.05) is 0 Å². The molecule has 0 aliphatic rings. The van der Waals surface area contributed by atoms with Gasteiger partial charge in [-0.2, -0.15) is 0 Å². The summed E-state index contributed by atoms with van der Waals surface area (Å²) in [6, 6.07) is 0. The molecule has 0 aromatic carbocycles. The number of hydrogen-bond acceptors (Lipinski definition) is 5. The summed E-state index contributed by atoms with van der Waals surface area (Å²) in [6.45, 7) is 2.16. The lowest BCUT2D eigenvalue weighted by Gasteiger charge is -2.01. The molecular formula is C10H15NO4. The van der Waals surface area contributed by atoms with Gasteiger partial charge in [0.1, 0.15) is 0 Å². The monoisotopic (exact) mass is 213 g/mol. The van der Waals surface area contributed by atoms with E-state index in [0.29, 0.717) is 0 Å². The third-order valence-corrected chi connectivity index (χ3v) is 1.45. The van der Waals surface area contributed by atoms with Crippen LogP contribution in [0, 0.1) is 0 Å².